The number of rotatable bonds is 0. The lowest BCUT2D eigenvalue weighted by Crippen LogP contribution is -2.60. The number of aliphatic hydroxyl groups excluding tert-OH is 1. The predicted octanol–water partition coefficient (Wildman–Crippen LogP) is 4.25. The lowest BCUT2D eigenvalue weighted by molar-refractivity contribution is -0.448. The van der Waals surface area contributed by atoms with Crippen LogP contribution < -0.4 is 0 Å². The Hall–Kier alpha value is -1.28. The van der Waals surface area contributed by atoms with Crippen molar-refractivity contribution >= 4 is 0 Å². The topological polar surface area (TPSA) is 75.6 Å². The summed E-state index contributed by atoms with van der Waals surface area (Å²) in [7, 11) is 0. The summed E-state index contributed by atoms with van der Waals surface area (Å²) in [6.07, 6.45) is 15.5. The monoisotopic (exact) mass is 408 g/mol. The molecule has 6 aliphatic rings. The van der Waals surface area contributed by atoms with Crippen molar-refractivity contribution in [1.29, 1.82) is 0 Å². The maximum absolute atomic E-state index is 9.60. The molecule has 29 heavy (non-hydrogen) atoms. The Labute approximate surface area is 171 Å². The van der Waals surface area contributed by atoms with Gasteiger partial charge in [0.15, 0.2) is 0 Å². The summed E-state index contributed by atoms with van der Waals surface area (Å²) in [5, 5.41) is 9.60. The van der Waals surface area contributed by atoms with Crippen LogP contribution in [0, 0.1) is 10.8 Å². The first-order valence-corrected chi connectivity index (χ1v) is 11.1. The van der Waals surface area contributed by atoms with Crippen molar-refractivity contribution < 1.29 is 33.5 Å². The number of hydrogen-bond donors (Lipinski definition) is 1. The van der Waals surface area contributed by atoms with Crippen molar-refractivity contribution in [1.82, 2.24) is 0 Å². The van der Waals surface area contributed by atoms with Crippen molar-refractivity contribution in [2.24, 2.45) is 10.8 Å². The highest BCUT2D eigenvalue weighted by Crippen LogP contribution is 2.56. The summed E-state index contributed by atoms with van der Waals surface area (Å²) in [4.78, 5) is 0. The third-order valence-electron chi connectivity index (χ3n) is 7.36. The number of aliphatic hydroxyl groups is 1. The fraction of sp³-hybridized carbons (Fsp3) is 0.818. The first-order valence-electron chi connectivity index (χ1n) is 11.1. The largest absolute Gasteiger partial charge is 0.509 e. The van der Waals surface area contributed by atoms with Crippen LogP contribution in [0.2, 0.25) is 0 Å². The lowest BCUT2D eigenvalue weighted by Gasteiger charge is -2.54. The van der Waals surface area contributed by atoms with Crippen molar-refractivity contribution in [3.63, 3.8) is 0 Å². The quantitative estimate of drug-likeness (QED) is 0.642. The van der Waals surface area contributed by atoms with Gasteiger partial charge in [-0.25, -0.2) is 0 Å². The van der Waals surface area contributed by atoms with Gasteiger partial charge in [-0.2, -0.15) is 0 Å². The van der Waals surface area contributed by atoms with Crippen LogP contribution in [0.4, 0.5) is 0 Å². The van der Waals surface area contributed by atoms with E-state index in [0.29, 0.717) is 25.4 Å². The maximum Gasteiger partial charge on any atom is 0.332 e. The molecule has 6 rings (SSSR count). The average molecular weight is 408 g/mol. The average Bonchev–Trinajstić information content (AvgIpc) is 2.77. The van der Waals surface area contributed by atoms with E-state index < -0.39 is 11.9 Å². The van der Waals surface area contributed by atoms with E-state index in [2.05, 4.69) is 6.08 Å². The van der Waals surface area contributed by atoms with Crippen LogP contribution in [0.3, 0.4) is 0 Å². The molecule has 0 unspecified atom stereocenters. The molecule has 0 spiro atoms. The predicted molar refractivity (Wildman–Crippen MR) is 102 cm³/mol. The van der Waals surface area contributed by atoms with Gasteiger partial charge in [0.25, 0.3) is 0 Å². The minimum absolute atomic E-state index is 0.0955. The molecule has 6 heterocycles. The summed E-state index contributed by atoms with van der Waals surface area (Å²) in [6, 6.07) is 0. The number of allylic oxidation sites excluding steroid dienone is 2. The molecule has 4 fully saturated rings. The maximum atomic E-state index is 9.60. The molecule has 0 aromatic carbocycles. The van der Waals surface area contributed by atoms with E-state index in [1.54, 1.807) is 6.26 Å². The fourth-order valence-corrected chi connectivity index (χ4v) is 5.97. The van der Waals surface area contributed by atoms with Gasteiger partial charge in [0, 0.05) is 6.42 Å². The lowest BCUT2D eigenvalue weighted by atomic mass is 9.70. The van der Waals surface area contributed by atoms with E-state index in [1.165, 1.54) is 6.26 Å². The molecule has 7 heteroatoms. The molecule has 0 atom stereocenters. The molecule has 4 saturated heterocycles. The van der Waals surface area contributed by atoms with Gasteiger partial charge in [-0.1, -0.05) is 0 Å². The van der Waals surface area contributed by atoms with Crippen LogP contribution >= 0.6 is 0 Å². The molecule has 0 aliphatic carbocycles. The second-order valence-corrected chi connectivity index (χ2v) is 9.08. The molecule has 0 bridgehead atoms. The standard InChI is InChI=1S/C11H16O4.C11H16O3/c12-9-7-10-3-1-5-13-11(10,15-8-9)14-6-2-4-10;1-4-10-5-2-8-13-11(10,12-7-1)14-9-3-6-10/h8,12H,1-7H2;1,7H,2-6,8-9H2. The van der Waals surface area contributed by atoms with E-state index in [1.807, 2.05) is 0 Å². The van der Waals surface area contributed by atoms with Gasteiger partial charge in [0.2, 0.25) is 0 Å². The molecule has 6 aliphatic heterocycles. The van der Waals surface area contributed by atoms with Gasteiger partial charge in [-0.15, -0.1) is 0 Å². The minimum atomic E-state index is -0.907. The second kappa shape index (κ2) is 7.45. The molecule has 0 aromatic rings. The SMILES string of the molecule is C1=COC23OCCCC2(C1)CCCO3.OC1=COC23OCCCC2(CCCO3)C1. The van der Waals surface area contributed by atoms with Gasteiger partial charge < -0.3 is 33.5 Å². The molecule has 7 nitrogen and oxygen atoms in total. The van der Waals surface area contributed by atoms with E-state index in [9.17, 15) is 5.11 Å². The van der Waals surface area contributed by atoms with Gasteiger partial charge in [-0.05, 0) is 63.9 Å². The van der Waals surface area contributed by atoms with Crippen LogP contribution in [0.15, 0.2) is 24.4 Å². The highest BCUT2D eigenvalue weighted by molar-refractivity contribution is 5.06. The van der Waals surface area contributed by atoms with E-state index >= 15 is 0 Å². The molecule has 0 amide bonds. The summed E-state index contributed by atoms with van der Waals surface area (Å²) in [5.74, 6) is -1.34. The van der Waals surface area contributed by atoms with E-state index in [-0.39, 0.29) is 10.8 Å². The summed E-state index contributed by atoms with van der Waals surface area (Å²) >= 11 is 0. The Kier molecular flexibility index (Phi) is 5.05. The van der Waals surface area contributed by atoms with Crippen molar-refractivity contribution in [3.05, 3.63) is 24.4 Å². The fourth-order valence-electron chi connectivity index (χ4n) is 5.97. The molecule has 162 valence electrons. The van der Waals surface area contributed by atoms with Crippen molar-refractivity contribution in [3.8, 4) is 0 Å². The molecule has 0 saturated carbocycles. The van der Waals surface area contributed by atoms with Crippen LogP contribution in [0.25, 0.3) is 0 Å². The second-order valence-electron chi connectivity index (χ2n) is 9.08. The van der Waals surface area contributed by atoms with Gasteiger partial charge in [0.05, 0.1) is 43.5 Å². The molecule has 1 N–H and O–H groups in total. The van der Waals surface area contributed by atoms with Crippen LogP contribution in [0.5, 0.6) is 0 Å². The Morgan fingerprint density at radius 2 is 1.21 bits per heavy atom. The van der Waals surface area contributed by atoms with E-state index in [4.69, 9.17) is 28.4 Å². The van der Waals surface area contributed by atoms with Gasteiger partial charge >= 0.3 is 11.9 Å². The van der Waals surface area contributed by atoms with Crippen molar-refractivity contribution in [2.75, 3.05) is 26.4 Å². The summed E-state index contributed by atoms with van der Waals surface area (Å²) in [5.41, 5.74) is -0.0689. The van der Waals surface area contributed by atoms with Gasteiger partial charge in [-0.3, -0.25) is 0 Å². The highest BCUT2D eigenvalue weighted by Gasteiger charge is 2.61. The molecule has 0 radical (unpaired) electrons. The zero-order valence-electron chi connectivity index (χ0n) is 17.0. The normalized spacial score (nSPS) is 45.4. The third kappa shape index (κ3) is 3.09. The minimum Gasteiger partial charge on any atom is -0.509 e. The number of hydrogen-bond acceptors (Lipinski definition) is 7. The zero-order chi connectivity index (χ0) is 19.8. The Morgan fingerprint density at radius 3 is 1.76 bits per heavy atom. The van der Waals surface area contributed by atoms with Crippen molar-refractivity contribution in [2.45, 2.75) is 76.2 Å². The molecular weight excluding hydrogens is 376 g/mol. The van der Waals surface area contributed by atoms with E-state index in [0.717, 1.165) is 71.0 Å². The highest BCUT2D eigenvalue weighted by atomic mass is 16.9. The Morgan fingerprint density at radius 1 is 0.690 bits per heavy atom. The summed E-state index contributed by atoms with van der Waals surface area (Å²) in [6.45, 7) is 2.87. The zero-order valence-corrected chi connectivity index (χ0v) is 17.0. The Balaban J connectivity index is 0.000000125. The van der Waals surface area contributed by atoms with Crippen LogP contribution in [0.1, 0.15) is 64.2 Å². The molecule has 0 aromatic heterocycles. The van der Waals surface area contributed by atoms with Gasteiger partial charge in [0.1, 0.15) is 12.0 Å². The molecular formula is C22H32O7. The number of ether oxygens (including phenoxy) is 6. The summed E-state index contributed by atoms with van der Waals surface area (Å²) < 4.78 is 34.1. The first-order chi connectivity index (χ1) is 14.1. The smallest absolute Gasteiger partial charge is 0.332 e. The third-order valence-corrected chi connectivity index (χ3v) is 7.36. The van der Waals surface area contributed by atoms with Crippen LogP contribution in [-0.2, 0) is 28.4 Å². The van der Waals surface area contributed by atoms with Crippen LogP contribution in [-0.4, -0.2) is 43.5 Å². The Bertz CT molecular complexity index is 620. The first kappa shape index (κ1) is 19.7.